The summed E-state index contributed by atoms with van der Waals surface area (Å²) in [6, 6.07) is 21.8. The summed E-state index contributed by atoms with van der Waals surface area (Å²) < 4.78 is 38.0. The van der Waals surface area contributed by atoms with E-state index in [-0.39, 0.29) is 23.3 Å². The highest BCUT2D eigenvalue weighted by Crippen LogP contribution is 2.42. The lowest BCUT2D eigenvalue weighted by Gasteiger charge is -2.15. The Morgan fingerprint density at radius 3 is 2.53 bits per heavy atom. The number of hydrogen-bond donors (Lipinski definition) is 0. The Bertz CT molecular complexity index is 2080. The van der Waals surface area contributed by atoms with Crippen LogP contribution < -0.4 is 19.8 Å². The third-order valence-corrected chi connectivity index (χ3v) is 8.14. The van der Waals surface area contributed by atoms with Gasteiger partial charge in [0.15, 0.2) is 17.3 Å². The Morgan fingerprint density at radius 2 is 1.77 bits per heavy atom. The van der Waals surface area contributed by atoms with Crippen LogP contribution in [0.1, 0.15) is 11.1 Å². The summed E-state index contributed by atoms with van der Waals surface area (Å²) in [6.07, 6.45) is 1.47. The van der Waals surface area contributed by atoms with Gasteiger partial charge >= 0.3 is 0 Å². The fourth-order valence-corrected chi connectivity index (χ4v) is 5.21. The molecule has 0 N–H and O–H groups in total. The van der Waals surface area contributed by atoms with Crippen LogP contribution >= 0.6 is 27.5 Å². The molecule has 0 bridgehead atoms. The number of halogens is 3. The van der Waals surface area contributed by atoms with Gasteiger partial charge in [0.1, 0.15) is 28.8 Å². The van der Waals surface area contributed by atoms with Gasteiger partial charge in [-0.15, -0.1) is 0 Å². The van der Waals surface area contributed by atoms with Gasteiger partial charge in [-0.1, -0.05) is 41.9 Å². The molecule has 2 heterocycles. The number of rotatable bonds is 8. The van der Waals surface area contributed by atoms with Gasteiger partial charge in [-0.25, -0.2) is 9.37 Å². The summed E-state index contributed by atoms with van der Waals surface area (Å²) in [6.45, 7) is 0.139. The molecule has 0 saturated carbocycles. The van der Waals surface area contributed by atoms with Crippen molar-refractivity contribution >= 4 is 55.6 Å². The van der Waals surface area contributed by atoms with Gasteiger partial charge in [0.05, 0.1) is 36.7 Å². The predicted octanol–water partition coefficient (Wildman–Crippen LogP) is 7.84. The smallest absolute Gasteiger partial charge is 0.282 e. The first-order valence-corrected chi connectivity index (χ1v) is 14.1. The molecule has 0 saturated heterocycles. The Morgan fingerprint density at radius 1 is 1.00 bits per heavy atom. The monoisotopic (exact) mass is 661 g/mol. The Hall–Kier alpha value is -4.67. The SMILES string of the molecule is COc1cc(C=Nn2c(-c3cc4c(OC)cccc4o3)nc3ccccc3c2=O)c(Br)c(Cl)c1OCc1ccc(F)cc1. The highest BCUT2D eigenvalue weighted by molar-refractivity contribution is 9.10. The molecule has 43 heavy (non-hydrogen) atoms. The third-order valence-electron chi connectivity index (χ3n) is 6.70. The molecule has 0 aliphatic carbocycles. The van der Waals surface area contributed by atoms with E-state index in [1.54, 1.807) is 61.7 Å². The van der Waals surface area contributed by atoms with E-state index in [4.69, 9.17) is 35.2 Å². The van der Waals surface area contributed by atoms with Crippen LogP contribution in [0.15, 0.2) is 97.6 Å². The molecule has 2 aromatic heterocycles. The maximum atomic E-state index is 13.7. The molecular formula is C32H22BrClFN3O5. The highest BCUT2D eigenvalue weighted by Gasteiger charge is 2.20. The molecule has 216 valence electrons. The van der Waals surface area contributed by atoms with Gasteiger partial charge in [-0.2, -0.15) is 9.78 Å². The van der Waals surface area contributed by atoms with E-state index in [9.17, 15) is 9.18 Å². The fraction of sp³-hybridized carbons (Fsp3) is 0.0938. The number of ether oxygens (including phenoxy) is 3. The van der Waals surface area contributed by atoms with Crippen molar-refractivity contribution in [3.8, 4) is 28.8 Å². The van der Waals surface area contributed by atoms with Crippen molar-refractivity contribution < 1.29 is 23.0 Å². The number of furan rings is 1. The van der Waals surface area contributed by atoms with Crippen molar-refractivity contribution in [1.29, 1.82) is 0 Å². The van der Waals surface area contributed by atoms with Crippen molar-refractivity contribution in [1.82, 2.24) is 9.66 Å². The van der Waals surface area contributed by atoms with Crippen LogP contribution in [0.3, 0.4) is 0 Å². The van der Waals surface area contributed by atoms with Gasteiger partial charge in [0.2, 0.25) is 5.82 Å². The molecule has 0 fully saturated rings. The first-order valence-electron chi connectivity index (χ1n) is 12.9. The summed E-state index contributed by atoms with van der Waals surface area (Å²) >= 11 is 10.2. The van der Waals surface area contributed by atoms with Crippen molar-refractivity contribution in [2.24, 2.45) is 5.10 Å². The molecule has 0 amide bonds. The quantitative estimate of drug-likeness (QED) is 0.154. The zero-order valence-corrected chi connectivity index (χ0v) is 25.1. The molecule has 0 atom stereocenters. The number of methoxy groups -OCH3 is 2. The molecule has 0 unspecified atom stereocenters. The third kappa shape index (κ3) is 5.47. The van der Waals surface area contributed by atoms with E-state index in [0.717, 1.165) is 10.9 Å². The average Bonchev–Trinajstić information content (AvgIpc) is 3.47. The lowest BCUT2D eigenvalue weighted by Crippen LogP contribution is -2.20. The largest absolute Gasteiger partial charge is 0.496 e. The number of nitrogens with zero attached hydrogens (tertiary/aromatic N) is 3. The van der Waals surface area contributed by atoms with Gasteiger partial charge in [0, 0.05) is 10.0 Å². The van der Waals surface area contributed by atoms with Crippen molar-refractivity contribution in [2.45, 2.75) is 6.61 Å². The Balaban J connectivity index is 1.43. The topological polar surface area (TPSA) is 88.1 Å². The number of fused-ring (bicyclic) bond motifs is 2. The minimum atomic E-state index is -0.391. The second kappa shape index (κ2) is 11.9. The number of hydrogen-bond acceptors (Lipinski definition) is 7. The summed E-state index contributed by atoms with van der Waals surface area (Å²) in [7, 11) is 3.06. The van der Waals surface area contributed by atoms with Gasteiger partial charge in [-0.05, 0) is 70.0 Å². The standard InChI is InChI=1S/C32H22BrClFN3O5/c1-40-24-8-5-9-25-22(24)15-27(43-25)31-37-23-7-4-3-6-21(23)32(39)38(31)36-16-19-14-26(41-2)30(29(34)28(19)33)42-17-18-10-12-20(35)13-11-18/h3-16H,17H2,1-2H3. The predicted molar refractivity (Wildman–Crippen MR) is 167 cm³/mol. The van der Waals surface area contributed by atoms with Crippen LogP contribution in [-0.2, 0) is 6.61 Å². The first-order chi connectivity index (χ1) is 20.9. The molecule has 4 aromatic carbocycles. The first kappa shape index (κ1) is 28.4. The lowest BCUT2D eigenvalue weighted by atomic mass is 10.2. The summed E-state index contributed by atoms with van der Waals surface area (Å²) in [5.41, 5.74) is 1.93. The van der Waals surface area contributed by atoms with Gasteiger partial charge in [-0.3, -0.25) is 4.79 Å². The molecular weight excluding hydrogens is 641 g/mol. The zero-order chi connectivity index (χ0) is 30.1. The van der Waals surface area contributed by atoms with E-state index in [1.807, 2.05) is 12.1 Å². The molecule has 0 spiro atoms. The Kier molecular flexibility index (Phi) is 7.88. The molecule has 0 radical (unpaired) electrons. The lowest BCUT2D eigenvalue weighted by molar-refractivity contribution is 0.284. The number of para-hydroxylation sites is 1. The van der Waals surface area contributed by atoms with E-state index in [0.29, 0.717) is 49.5 Å². The number of aromatic nitrogens is 2. The van der Waals surface area contributed by atoms with Crippen LogP contribution in [0.4, 0.5) is 4.39 Å². The van der Waals surface area contributed by atoms with Gasteiger partial charge in [0.25, 0.3) is 5.56 Å². The minimum absolute atomic E-state index is 0.139. The van der Waals surface area contributed by atoms with E-state index < -0.39 is 5.56 Å². The van der Waals surface area contributed by atoms with Crippen LogP contribution in [-0.4, -0.2) is 30.1 Å². The van der Waals surface area contributed by atoms with Crippen LogP contribution in [0.25, 0.3) is 33.5 Å². The van der Waals surface area contributed by atoms with E-state index in [1.165, 1.54) is 30.1 Å². The average molecular weight is 663 g/mol. The maximum Gasteiger partial charge on any atom is 0.282 e. The summed E-state index contributed by atoms with van der Waals surface area (Å²) in [5, 5.41) is 5.88. The van der Waals surface area contributed by atoms with Crippen LogP contribution in [0, 0.1) is 5.82 Å². The molecule has 6 aromatic rings. The number of benzene rings is 4. The van der Waals surface area contributed by atoms with Gasteiger partial charge < -0.3 is 18.6 Å². The summed E-state index contributed by atoms with van der Waals surface area (Å²) in [5.74, 6) is 1.45. The molecule has 11 heteroatoms. The van der Waals surface area contributed by atoms with Crippen molar-refractivity contribution in [3.05, 3.63) is 116 Å². The van der Waals surface area contributed by atoms with Crippen molar-refractivity contribution in [3.63, 3.8) is 0 Å². The minimum Gasteiger partial charge on any atom is -0.496 e. The second-order valence-electron chi connectivity index (χ2n) is 9.34. The van der Waals surface area contributed by atoms with Crippen LogP contribution in [0.2, 0.25) is 5.02 Å². The molecule has 6 rings (SSSR count). The summed E-state index contributed by atoms with van der Waals surface area (Å²) in [4.78, 5) is 18.4. The zero-order valence-electron chi connectivity index (χ0n) is 22.8. The molecule has 0 aliphatic heterocycles. The highest BCUT2D eigenvalue weighted by atomic mass is 79.9. The molecule has 8 nitrogen and oxygen atoms in total. The normalized spacial score (nSPS) is 11.5. The van der Waals surface area contributed by atoms with Crippen LogP contribution in [0.5, 0.6) is 17.2 Å². The molecule has 0 aliphatic rings. The second-order valence-corrected chi connectivity index (χ2v) is 10.5. The fourth-order valence-electron chi connectivity index (χ4n) is 4.55. The van der Waals surface area contributed by atoms with E-state index in [2.05, 4.69) is 21.0 Å². The van der Waals surface area contributed by atoms with E-state index >= 15 is 0 Å². The Labute approximate surface area is 258 Å². The van der Waals surface area contributed by atoms with Crippen molar-refractivity contribution in [2.75, 3.05) is 14.2 Å². The maximum absolute atomic E-state index is 13.7.